The van der Waals surface area contributed by atoms with Gasteiger partial charge >= 0.3 is 0 Å². The van der Waals surface area contributed by atoms with Crippen molar-refractivity contribution < 1.29 is 9.59 Å². The molecule has 0 aliphatic rings. The molecule has 0 radical (unpaired) electrons. The molecule has 23 heavy (non-hydrogen) atoms. The minimum Gasteiger partial charge on any atom is -0.352 e. The van der Waals surface area contributed by atoms with E-state index in [-0.39, 0.29) is 24.8 Å². The lowest BCUT2D eigenvalue weighted by Crippen LogP contribution is -2.27. The van der Waals surface area contributed by atoms with Crippen molar-refractivity contribution in [3.05, 3.63) is 64.2 Å². The Hall–Kier alpha value is -2.33. The number of rotatable bonds is 5. The van der Waals surface area contributed by atoms with E-state index in [1.165, 1.54) is 0 Å². The van der Waals surface area contributed by atoms with E-state index in [9.17, 15) is 9.59 Å². The van der Waals surface area contributed by atoms with Gasteiger partial charge < -0.3 is 10.6 Å². The molecular formula is C18H19ClN2O2. The maximum atomic E-state index is 12.0. The topological polar surface area (TPSA) is 58.2 Å². The fourth-order valence-corrected chi connectivity index (χ4v) is 2.29. The quantitative estimate of drug-likeness (QED) is 0.878. The van der Waals surface area contributed by atoms with Crippen LogP contribution in [0, 0.1) is 13.8 Å². The maximum Gasteiger partial charge on any atom is 0.251 e. The predicted molar refractivity (Wildman–Crippen MR) is 92.9 cm³/mol. The number of amides is 2. The molecule has 120 valence electrons. The van der Waals surface area contributed by atoms with Crippen LogP contribution in [0.25, 0.3) is 0 Å². The summed E-state index contributed by atoms with van der Waals surface area (Å²) in [6, 6.07) is 12.6. The van der Waals surface area contributed by atoms with Gasteiger partial charge in [0.1, 0.15) is 0 Å². The lowest BCUT2D eigenvalue weighted by Gasteiger charge is -2.09. The summed E-state index contributed by atoms with van der Waals surface area (Å²) in [7, 11) is 0. The molecule has 0 bridgehead atoms. The molecule has 4 nitrogen and oxygen atoms in total. The van der Waals surface area contributed by atoms with E-state index in [2.05, 4.69) is 10.6 Å². The van der Waals surface area contributed by atoms with Crippen molar-refractivity contribution in [2.24, 2.45) is 0 Å². The summed E-state index contributed by atoms with van der Waals surface area (Å²) in [5.41, 5.74) is 3.24. The normalized spacial score (nSPS) is 10.2. The average Bonchev–Trinajstić information content (AvgIpc) is 2.51. The fraction of sp³-hybridized carbons (Fsp3) is 0.222. The molecule has 2 aromatic carbocycles. The second-order valence-electron chi connectivity index (χ2n) is 5.38. The monoisotopic (exact) mass is 330 g/mol. The third-order valence-electron chi connectivity index (χ3n) is 3.39. The Morgan fingerprint density at radius 3 is 2.61 bits per heavy atom. The Labute approximate surface area is 140 Å². The molecule has 0 spiro atoms. The first-order chi connectivity index (χ1) is 11.0. The SMILES string of the molecule is Cc1cccc(C(=O)NCCC(=O)Nc2cc(Cl)ccc2C)c1. The molecular weight excluding hydrogens is 312 g/mol. The van der Waals surface area contributed by atoms with E-state index in [1.807, 2.05) is 38.1 Å². The van der Waals surface area contributed by atoms with Crippen LogP contribution in [0.5, 0.6) is 0 Å². The van der Waals surface area contributed by atoms with Crippen molar-refractivity contribution in [1.29, 1.82) is 0 Å². The summed E-state index contributed by atoms with van der Waals surface area (Å²) in [6.07, 6.45) is 0.198. The van der Waals surface area contributed by atoms with Crippen LogP contribution in [0.3, 0.4) is 0 Å². The highest BCUT2D eigenvalue weighted by Gasteiger charge is 2.08. The van der Waals surface area contributed by atoms with E-state index < -0.39 is 0 Å². The Kier molecular flexibility index (Phi) is 5.77. The van der Waals surface area contributed by atoms with Gasteiger partial charge in [-0.2, -0.15) is 0 Å². The highest BCUT2D eigenvalue weighted by molar-refractivity contribution is 6.31. The average molecular weight is 331 g/mol. The lowest BCUT2D eigenvalue weighted by atomic mass is 10.1. The zero-order valence-electron chi connectivity index (χ0n) is 13.2. The molecule has 2 aromatic rings. The summed E-state index contributed by atoms with van der Waals surface area (Å²) in [4.78, 5) is 23.9. The third kappa shape index (κ3) is 5.11. The number of anilines is 1. The fourth-order valence-electron chi connectivity index (χ4n) is 2.12. The lowest BCUT2D eigenvalue weighted by molar-refractivity contribution is -0.116. The van der Waals surface area contributed by atoms with E-state index in [4.69, 9.17) is 11.6 Å². The van der Waals surface area contributed by atoms with Gasteiger partial charge in [0, 0.05) is 29.2 Å². The standard InChI is InChI=1S/C18H19ClN2O2/c1-12-4-3-5-14(10-12)18(23)20-9-8-17(22)21-16-11-15(19)7-6-13(16)2/h3-7,10-11H,8-9H2,1-2H3,(H,20,23)(H,21,22). The van der Waals surface area contributed by atoms with E-state index >= 15 is 0 Å². The van der Waals surface area contributed by atoms with Gasteiger partial charge in [-0.15, -0.1) is 0 Å². The van der Waals surface area contributed by atoms with Crippen molar-refractivity contribution >= 4 is 29.1 Å². The molecule has 0 saturated heterocycles. The minimum atomic E-state index is -0.180. The van der Waals surface area contributed by atoms with Crippen LogP contribution in [-0.4, -0.2) is 18.4 Å². The molecule has 0 saturated carbocycles. The van der Waals surface area contributed by atoms with Crippen LogP contribution in [0.2, 0.25) is 5.02 Å². The molecule has 2 rings (SSSR count). The number of benzene rings is 2. The Balaban J connectivity index is 1.83. The number of aryl methyl sites for hydroxylation is 2. The molecule has 0 atom stereocenters. The molecule has 0 fully saturated rings. The molecule has 2 N–H and O–H groups in total. The van der Waals surface area contributed by atoms with Crippen molar-refractivity contribution in [3.8, 4) is 0 Å². The van der Waals surface area contributed by atoms with Crippen LogP contribution in [-0.2, 0) is 4.79 Å². The van der Waals surface area contributed by atoms with E-state index in [1.54, 1.807) is 18.2 Å². The smallest absolute Gasteiger partial charge is 0.251 e. The van der Waals surface area contributed by atoms with Gasteiger partial charge in [-0.25, -0.2) is 0 Å². The largest absolute Gasteiger partial charge is 0.352 e. The highest BCUT2D eigenvalue weighted by atomic mass is 35.5. The highest BCUT2D eigenvalue weighted by Crippen LogP contribution is 2.20. The first-order valence-corrected chi connectivity index (χ1v) is 7.74. The first kappa shape index (κ1) is 17.0. The number of hydrogen-bond donors (Lipinski definition) is 2. The summed E-state index contributed by atoms with van der Waals surface area (Å²) >= 11 is 5.92. The van der Waals surface area contributed by atoms with Crippen molar-refractivity contribution in [2.45, 2.75) is 20.3 Å². The van der Waals surface area contributed by atoms with E-state index in [0.29, 0.717) is 16.3 Å². The van der Waals surface area contributed by atoms with Crippen LogP contribution in [0.4, 0.5) is 5.69 Å². The van der Waals surface area contributed by atoms with Crippen molar-refractivity contribution in [2.75, 3.05) is 11.9 Å². The zero-order chi connectivity index (χ0) is 16.8. The van der Waals surface area contributed by atoms with Gasteiger partial charge in [0.15, 0.2) is 0 Å². The number of carbonyl (C=O) groups is 2. The van der Waals surface area contributed by atoms with Crippen molar-refractivity contribution in [3.63, 3.8) is 0 Å². The number of nitrogens with one attached hydrogen (secondary N) is 2. The first-order valence-electron chi connectivity index (χ1n) is 7.36. The summed E-state index contributed by atoms with van der Waals surface area (Å²) in [5, 5.41) is 6.11. The number of halogens is 1. The Morgan fingerprint density at radius 2 is 1.87 bits per heavy atom. The molecule has 2 amide bonds. The minimum absolute atomic E-state index is 0.167. The van der Waals surface area contributed by atoms with Gasteiger partial charge in [-0.1, -0.05) is 35.4 Å². The Morgan fingerprint density at radius 1 is 1.09 bits per heavy atom. The van der Waals surface area contributed by atoms with Crippen LogP contribution < -0.4 is 10.6 Å². The summed E-state index contributed by atoms with van der Waals surface area (Å²) < 4.78 is 0. The van der Waals surface area contributed by atoms with Gasteiger partial charge in [-0.05, 0) is 43.7 Å². The van der Waals surface area contributed by atoms with E-state index in [0.717, 1.165) is 11.1 Å². The second kappa shape index (κ2) is 7.79. The summed E-state index contributed by atoms with van der Waals surface area (Å²) in [6.45, 7) is 4.10. The Bertz CT molecular complexity index is 729. The van der Waals surface area contributed by atoms with Crippen LogP contribution in [0.1, 0.15) is 27.9 Å². The number of carbonyl (C=O) groups excluding carboxylic acids is 2. The van der Waals surface area contributed by atoms with Gasteiger partial charge in [-0.3, -0.25) is 9.59 Å². The molecule has 0 unspecified atom stereocenters. The maximum absolute atomic E-state index is 12.0. The predicted octanol–water partition coefficient (Wildman–Crippen LogP) is 3.72. The molecule has 0 aliphatic carbocycles. The van der Waals surface area contributed by atoms with Crippen LogP contribution in [0.15, 0.2) is 42.5 Å². The number of hydrogen-bond acceptors (Lipinski definition) is 2. The van der Waals surface area contributed by atoms with Crippen molar-refractivity contribution in [1.82, 2.24) is 5.32 Å². The van der Waals surface area contributed by atoms with Gasteiger partial charge in [0.2, 0.25) is 5.91 Å². The zero-order valence-corrected chi connectivity index (χ0v) is 13.9. The van der Waals surface area contributed by atoms with Crippen LogP contribution >= 0.6 is 11.6 Å². The molecule has 5 heteroatoms. The molecule has 0 heterocycles. The van der Waals surface area contributed by atoms with Gasteiger partial charge in [0.05, 0.1) is 0 Å². The molecule has 0 aromatic heterocycles. The molecule has 0 aliphatic heterocycles. The van der Waals surface area contributed by atoms with Gasteiger partial charge in [0.25, 0.3) is 5.91 Å². The summed E-state index contributed by atoms with van der Waals surface area (Å²) in [5.74, 6) is -0.347. The third-order valence-corrected chi connectivity index (χ3v) is 3.63. The second-order valence-corrected chi connectivity index (χ2v) is 5.82.